The monoisotopic (exact) mass is 378 g/mol. The number of carboxylic acid groups (broad SMARTS) is 1. The van der Waals surface area contributed by atoms with Crippen molar-refractivity contribution in [1.82, 2.24) is 0 Å². The predicted molar refractivity (Wildman–Crippen MR) is 103 cm³/mol. The highest BCUT2D eigenvalue weighted by molar-refractivity contribution is 6.83. The molecule has 0 aromatic rings. The normalized spacial score (nSPS) is 25.7. The topological polar surface area (TPSA) is 65.0 Å². The first-order chi connectivity index (χ1) is 12.3. The lowest BCUT2D eigenvalue weighted by molar-refractivity contribution is -0.195. The Labute approximate surface area is 157 Å². The molecule has 0 bridgehead atoms. The molecule has 1 aliphatic carbocycles. The Morgan fingerprint density at radius 2 is 1.96 bits per heavy atom. The van der Waals surface area contributed by atoms with Crippen molar-refractivity contribution in [1.29, 1.82) is 0 Å². The molecule has 1 N–H and O–H groups in total. The number of carbonyl (C=O) groups is 1. The van der Waals surface area contributed by atoms with Gasteiger partial charge in [-0.15, -0.1) is 5.54 Å². The second kappa shape index (κ2) is 9.52. The van der Waals surface area contributed by atoms with E-state index in [1.165, 1.54) is 6.42 Å². The molecule has 1 spiro atoms. The van der Waals surface area contributed by atoms with Gasteiger partial charge in [0.2, 0.25) is 0 Å². The van der Waals surface area contributed by atoms with E-state index in [-0.39, 0.29) is 25.4 Å². The molecular weight excluding hydrogens is 348 g/mol. The van der Waals surface area contributed by atoms with Crippen LogP contribution in [-0.4, -0.2) is 50.4 Å². The Hall–Kier alpha value is -1.39. The molecule has 1 saturated heterocycles. The van der Waals surface area contributed by atoms with E-state index >= 15 is 0 Å². The zero-order chi connectivity index (χ0) is 19.0. The average molecular weight is 379 g/mol. The van der Waals surface area contributed by atoms with Crippen molar-refractivity contribution in [3.05, 3.63) is 24.3 Å². The third-order valence-electron chi connectivity index (χ3n) is 4.25. The summed E-state index contributed by atoms with van der Waals surface area (Å²) in [4.78, 5) is 10.7. The molecule has 1 saturated carbocycles. The van der Waals surface area contributed by atoms with Crippen LogP contribution in [0.4, 0.5) is 0 Å². The molecule has 2 atom stereocenters. The summed E-state index contributed by atoms with van der Waals surface area (Å²) in [5, 5.41) is 8.75. The highest BCUT2D eigenvalue weighted by Crippen LogP contribution is 2.40. The molecule has 0 unspecified atom stereocenters. The van der Waals surface area contributed by atoms with Gasteiger partial charge in [-0.05, 0) is 18.9 Å². The van der Waals surface area contributed by atoms with Crippen LogP contribution in [0.5, 0.6) is 0 Å². The molecule has 26 heavy (non-hydrogen) atoms. The average Bonchev–Trinajstić information content (AvgIpc) is 2.87. The summed E-state index contributed by atoms with van der Waals surface area (Å²) >= 11 is 0. The number of aliphatic carboxylic acids is 1. The molecule has 2 fully saturated rings. The summed E-state index contributed by atoms with van der Waals surface area (Å²) in [5.74, 6) is 1.57. The number of carboxylic acids is 1. The van der Waals surface area contributed by atoms with Crippen LogP contribution in [0.15, 0.2) is 24.3 Å². The van der Waals surface area contributed by atoms with Crippen molar-refractivity contribution < 1.29 is 24.1 Å². The molecule has 0 amide bonds. The number of ether oxygens (including phenoxy) is 3. The zero-order valence-corrected chi connectivity index (χ0v) is 17.0. The van der Waals surface area contributed by atoms with Gasteiger partial charge < -0.3 is 19.3 Å². The van der Waals surface area contributed by atoms with Gasteiger partial charge in [0.05, 0.1) is 6.61 Å². The fourth-order valence-corrected chi connectivity index (χ4v) is 3.63. The SMILES string of the molecule is C[Si](C)(C)C#CC=CC=C[C@H]1OC2(CCCCC2)O[C@H]1COCC(=O)O. The third kappa shape index (κ3) is 7.08. The van der Waals surface area contributed by atoms with Gasteiger partial charge in [-0.2, -0.15) is 0 Å². The fourth-order valence-electron chi connectivity index (χ4n) is 3.11. The van der Waals surface area contributed by atoms with Gasteiger partial charge in [0.25, 0.3) is 0 Å². The van der Waals surface area contributed by atoms with Crippen molar-refractivity contribution >= 4 is 14.0 Å². The summed E-state index contributed by atoms with van der Waals surface area (Å²) < 4.78 is 17.6. The maximum atomic E-state index is 10.7. The Bertz CT molecular complexity index is 588. The van der Waals surface area contributed by atoms with E-state index < -0.39 is 19.8 Å². The minimum atomic E-state index is -1.35. The van der Waals surface area contributed by atoms with Crippen LogP contribution in [0.25, 0.3) is 0 Å². The van der Waals surface area contributed by atoms with Crippen molar-refractivity contribution in [3.63, 3.8) is 0 Å². The second-order valence-corrected chi connectivity index (χ2v) is 12.6. The minimum Gasteiger partial charge on any atom is -0.480 e. The van der Waals surface area contributed by atoms with Gasteiger partial charge in [-0.3, -0.25) is 0 Å². The summed E-state index contributed by atoms with van der Waals surface area (Å²) in [6.07, 6.45) is 12.2. The molecule has 2 rings (SSSR count). The van der Waals surface area contributed by atoms with Crippen LogP contribution in [0.1, 0.15) is 32.1 Å². The van der Waals surface area contributed by atoms with Gasteiger partial charge >= 0.3 is 5.97 Å². The van der Waals surface area contributed by atoms with E-state index in [2.05, 4.69) is 31.1 Å². The van der Waals surface area contributed by atoms with Crippen molar-refractivity contribution in [3.8, 4) is 11.5 Å². The standard InChI is InChI=1S/C20H30O5Si/c1-26(2,3)14-10-5-4-7-11-17-18(15-23-16-19(21)22)25-20(24-17)12-8-6-9-13-20/h4-5,7,11,17-18H,6,8-9,12-13,15-16H2,1-3H3,(H,21,22)/t17-,18+/m1/s1. The van der Waals surface area contributed by atoms with E-state index in [9.17, 15) is 4.79 Å². The largest absolute Gasteiger partial charge is 0.480 e. The van der Waals surface area contributed by atoms with Crippen LogP contribution in [-0.2, 0) is 19.0 Å². The van der Waals surface area contributed by atoms with E-state index in [4.69, 9.17) is 19.3 Å². The van der Waals surface area contributed by atoms with Gasteiger partial charge in [0.15, 0.2) is 5.79 Å². The number of allylic oxidation sites excluding steroid dienone is 3. The van der Waals surface area contributed by atoms with E-state index in [1.807, 2.05) is 24.3 Å². The summed E-state index contributed by atoms with van der Waals surface area (Å²) in [6.45, 7) is 6.51. The van der Waals surface area contributed by atoms with Gasteiger partial charge in [0, 0.05) is 12.8 Å². The predicted octanol–water partition coefficient (Wildman–Crippen LogP) is 3.53. The van der Waals surface area contributed by atoms with Crippen LogP contribution < -0.4 is 0 Å². The quantitative estimate of drug-likeness (QED) is 0.435. The van der Waals surface area contributed by atoms with Gasteiger partial charge in [0.1, 0.15) is 26.9 Å². The number of hydrogen-bond donors (Lipinski definition) is 1. The van der Waals surface area contributed by atoms with Crippen molar-refractivity contribution in [2.24, 2.45) is 0 Å². The third-order valence-corrected chi connectivity index (χ3v) is 5.14. The number of rotatable bonds is 6. The second-order valence-electron chi connectivity index (χ2n) is 7.88. The Morgan fingerprint density at radius 3 is 2.62 bits per heavy atom. The molecule has 0 radical (unpaired) electrons. The first-order valence-corrected chi connectivity index (χ1v) is 12.8. The van der Waals surface area contributed by atoms with Crippen LogP contribution in [0.2, 0.25) is 19.6 Å². The highest BCUT2D eigenvalue weighted by atomic mass is 28.3. The Balaban J connectivity index is 1.96. The first-order valence-electron chi connectivity index (χ1n) is 9.31. The van der Waals surface area contributed by atoms with Crippen LogP contribution >= 0.6 is 0 Å². The summed E-state index contributed by atoms with van der Waals surface area (Å²) in [5.41, 5.74) is 3.28. The lowest BCUT2D eigenvalue weighted by atomic mass is 9.94. The molecule has 6 heteroatoms. The fraction of sp³-hybridized carbons (Fsp3) is 0.650. The summed E-state index contributed by atoms with van der Waals surface area (Å²) in [7, 11) is -1.35. The Kier molecular flexibility index (Phi) is 7.65. The molecule has 5 nitrogen and oxygen atoms in total. The summed E-state index contributed by atoms with van der Waals surface area (Å²) in [6, 6.07) is 0. The molecule has 1 heterocycles. The molecule has 144 valence electrons. The first kappa shape index (κ1) is 20.9. The maximum Gasteiger partial charge on any atom is 0.329 e. The van der Waals surface area contributed by atoms with Crippen molar-refractivity contribution in [2.75, 3.05) is 13.2 Å². The smallest absolute Gasteiger partial charge is 0.329 e. The maximum absolute atomic E-state index is 10.7. The highest BCUT2D eigenvalue weighted by Gasteiger charge is 2.47. The minimum absolute atomic E-state index is 0.211. The molecule has 0 aromatic carbocycles. The molecule has 1 aliphatic heterocycles. The van der Waals surface area contributed by atoms with Crippen LogP contribution in [0, 0.1) is 11.5 Å². The lowest BCUT2D eigenvalue weighted by Crippen LogP contribution is -2.34. The molecule has 0 aromatic heterocycles. The van der Waals surface area contributed by atoms with Crippen molar-refractivity contribution in [2.45, 2.75) is 69.7 Å². The van der Waals surface area contributed by atoms with Crippen LogP contribution in [0.3, 0.4) is 0 Å². The van der Waals surface area contributed by atoms with E-state index in [0.29, 0.717) is 0 Å². The van der Waals surface area contributed by atoms with E-state index in [1.54, 1.807) is 0 Å². The molecule has 2 aliphatic rings. The van der Waals surface area contributed by atoms with Gasteiger partial charge in [-0.1, -0.05) is 50.2 Å². The lowest BCUT2D eigenvalue weighted by Gasteiger charge is -2.31. The molecular formula is C20H30O5Si. The Morgan fingerprint density at radius 1 is 1.23 bits per heavy atom. The number of hydrogen-bond acceptors (Lipinski definition) is 4. The zero-order valence-electron chi connectivity index (χ0n) is 16.0. The van der Waals surface area contributed by atoms with E-state index in [0.717, 1.165) is 25.7 Å². The van der Waals surface area contributed by atoms with Gasteiger partial charge in [-0.25, -0.2) is 4.79 Å².